The minimum absolute atomic E-state index is 0.0264. The highest BCUT2D eigenvalue weighted by Gasteiger charge is 2.72. The van der Waals surface area contributed by atoms with E-state index in [9.17, 15) is 20.4 Å². The standard InChI is InChI=1S/C30H52O4/c1-18(2)10-9-13-30(8,34)19-11-15-28(6)24(19)20(31)16-22-27(5)14-12-23(33)26(3,4)25(27)21(32)17-29(22,28)7/h10,19-25,31-34H,9,11-17H2,1-8H3/t19?,20-,21?,22?,23+,24+,25?,27-,28?,29-,30-/m1/s1. The number of allylic oxidation sites excluding steroid dienone is 2. The molecule has 0 radical (unpaired) electrons. The lowest BCUT2D eigenvalue weighted by Gasteiger charge is -2.71. The molecule has 0 heterocycles. The second kappa shape index (κ2) is 8.30. The van der Waals surface area contributed by atoms with Crippen LogP contribution in [0.5, 0.6) is 0 Å². The maximum Gasteiger partial charge on any atom is 0.0654 e. The van der Waals surface area contributed by atoms with Crippen molar-refractivity contribution < 1.29 is 20.4 Å². The van der Waals surface area contributed by atoms with E-state index in [0.29, 0.717) is 5.92 Å². The third-order valence-electron chi connectivity index (χ3n) is 12.3. The van der Waals surface area contributed by atoms with Crippen molar-refractivity contribution in [3.63, 3.8) is 0 Å². The molecule has 4 nitrogen and oxygen atoms in total. The number of rotatable bonds is 4. The summed E-state index contributed by atoms with van der Waals surface area (Å²) in [5.41, 5.74) is -0.230. The summed E-state index contributed by atoms with van der Waals surface area (Å²) in [5.74, 6) is 0.442. The molecule has 196 valence electrons. The van der Waals surface area contributed by atoms with Crippen molar-refractivity contribution in [1.29, 1.82) is 0 Å². The van der Waals surface area contributed by atoms with Gasteiger partial charge in [-0.25, -0.2) is 0 Å². The Kier molecular flexibility index (Phi) is 6.50. The number of aliphatic hydroxyl groups excluding tert-OH is 3. The van der Waals surface area contributed by atoms with Crippen LogP contribution in [-0.2, 0) is 0 Å². The van der Waals surface area contributed by atoms with E-state index < -0.39 is 23.9 Å². The Balaban J connectivity index is 1.70. The molecule has 0 aliphatic heterocycles. The summed E-state index contributed by atoms with van der Waals surface area (Å²) in [5, 5.41) is 46.0. The summed E-state index contributed by atoms with van der Waals surface area (Å²) in [4.78, 5) is 0. The molecular weight excluding hydrogens is 424 g/mol. The zero-order valence-corrected chi connectivity index (χ0v) is 23.1. The van der Waals surface area contributed by atoms with Crippen LogP contribution in [0, 0.1) is 45.3 Å². The Morgan fingerprint density at radius 3 is 2.21 bits per heavy atom. The molecule has 34 heavy (non-hydrogen) atoms. The van der Waals surface area contributed by atoms with Crippen molar-refractivity contribution in [3.05, 3.63) is 11.6 Å². The molecule has 4 saturated carbocycles. The van der Waals surface area contributed by atoms with Gasteiger partial charge >= 0.3 is 0 Å². The van der Waals surface area contributed by atoms with Gasteiger partial charge in [0, 0.05) is 0 Å². The average molecular weight is 477 g/mol. The quantitative estimate of drug-likeness (QED) is 0.406. The van der Waals surface area contributed by atoms with Crippen LogP contribution in [0.2, 0.25) is 0 Å². The molecule has 5 unspecified atom stereocenters. The van der Waals surface area contributed by atoms with Crippen molar-refractivity contribution in [2.75, 3.05) is 0 Å². The Morgan fingerprint density at radius 1 is 0.941 bits per heavy atom. The van der Waals surface area contributed by atoms with Crippen LogP contribution in [0.1, 0.15) is 107 Å². The molecule has 0 bridgehead atoms. The first-order valence-corrected chi connectivity index (χ1v) is 13.9. The largest absolute Gasteiger partial charge is 0.393 e. The van der Waals surface area contributed by atoms with Crippen molar-refractivity contribution in [2.45, 2.75) is 131 Å². The smallest absolute Gasteiger partial charge is 0.0654 e. The molecule has 4 N–H and O–H groups in total. The first-order valence-electron chi connectivity index (χ1n) is 13.9. The summed E-state index contributed by atoms with van der Waals surface area (Å²) >= 11 is 0. The minimum atomic E-state index is -0.810. The fourth-order valence-corrected chi connectivity index (χ4v) is 10.5. The first-order chi connectivity index (χ1) is 15.5. The van der Waals surface area contributed by atoms with E-state index in [0.717, 1.165) is 51.4 Å². The van der Waals surface area contributed by atoms with Gasteiger partial charge in [0.2, 0.25) is 0 Å². The normalized spacial score (nSPS) is 51.6. The Bertz CT molecular complexity index is 813. The zero-order chi connectivity index (χ0) is 25.5. The summed E-state index contributed by atoms with van der Waals surface area (Å²) < 4.78 is 0. The molecule has 4 aliphatic rings. The zero-order valence-electron chi connectivity index (χ0n) is 23.1. The third kappa shape index (κ3) is 3.60. The fourth-order valence-electron chi connectivity index (χ4n) is 10.5. The molecule has 4 rings (SSSR count). The van der Waals surface area contributed by atoms with Crippen LogP contribution in [0.4, 0.5) is 0 Å². The van der Waals surface area contributed by atoms with Gasteiger partial charge in [0.25, 0.3) is 0 Å². The predicted octanol–water partition coefficient (Wildman–Crippen LogP) is 5.47. The number of hydrogen-bond acceptors (Lipinski definition) is 4. The van der Waals surface area contributed by atoms with E-state index in [1.165, 1.54) is 5.57 Å². The monoisotopic (exact) mass is 476 g/mol. The van der Waals surface area contributed by atoms with Gasteiger partial charge in [-0.2, -0.15) is 0 Å². The second-order valence-electron chi connectivity index (χ2n) is 14.7. The SMILES string of the molecule is CC(C)=CCC[C@@](C)(O)C1CCC2(C)[C@@H]1[C@H](O)CC1[C@@]3(C)CC[C@H](O)C(C)(C)C3C(O)C[C@]12C. The van der Waals surface area contributed by atoms with Gasteiger partial charge in [-0.1, -0.05) is 46.3 Å². The van der Waals surface area contributed by atoms with Crippen molar-refractivity contribution in [3.8, 4) is 0 Å². The minimum Gasteiger partial charge on any atom is -0.393 e. The molecule has 4 heteroatoms. The van der Waals surface area contributed by atoms with Gasteiger partial charge in [0.05, 0.1) is 23.9 Å². The third-order valence-corrected chi connectivity index (χ3v) is 12.3. The van der Waals surface area contributed by atoms with Crippen LogP contribution in [0.15, 0.2) is 11.6 Å². The van der Waals surface area contributed by atoms with Crippen LogP contribution in [0.25, 0.3) is 0 Å². The van der Waals surface area contributed by atoms with Gasteiger partial charge in [0.1, 0.15) is 0 Å². The molecule has 0 spiro atoms. The van der Waals surface area contributed by atoms with Crippen LogP contribution in [0.3, 0.4) is 0 Å². The molecule has 0 aromatic heterocycles. The number of aliphatic hydroxyl groups is 4. The van der Waals surface area contributed by atoms with Crippen molar-refractivity contribution in [2.24, 2.45) is 45.3 Å². The van der Waals surface area contributed by atoms with E-state index >= 15 is 0 Å². The van der Waals surface area contributed by atoms with Crippen LogP contribution < -0.4 is 0 Å². The molecule has 4 aliphatic carbocycles. The van der Waals surface area contributed by atoms with Gasteiger partial charge in [-0.05, 0) is 117 Å². The molecule has 0 amide bonds. The van der Waals surface area contributed by atoms with Gasteiger partial charge in [-0.3, -0.25) is 0 Å². The van der Waals surface area contributed by atoms with Gasteiger partial charge in [0.15, 0.2) is 0 Å². The van der Waals surface area contributed by atoms with Gasteiger partial charge < -0.3 is 20.4 Å². The van der Waals surface area contributed by atoms with Crippen LogP contribution >= 0.6 is 0 Å². The topological polar surface area (TPSA) is 80.9 Å². The predicted molar refractivity (Wildman–Crippen MR) is 137 cm³/mol. The van der Waals surface area contributed by atoms with Crippen LogP contribution in [-0.4, -0.2) is 44.3 Å². The maximum absolute atomic E-state index is 11.8. The highest BCUT2D eigenvalue weighted by Crippen LogP contribution is 2.75. The molecule has 0 aromatic carbocycles. The second-order valence-corrected chi connectivity index (χ2v) is 14.7. The first kappa shape index (κ1) is 26.6. The number of hydrogen-bond donors (Lipinski definition) is 4. The lowest BCUT2D eigenvalue weighted by atomic mass is 9.34. The summed E-state index contributed by atoms with van der Waals surface area (Å²) in [7, 11) is 0. The highest BCUT2D eigenvalue weighted by molar-refractivity contribution is 5.21. The van der Waals surface area contributed by atoms with E-state index in [-0.39, 0.29) is 39.4 Å². The molecule has 0 saturated heterocycles. The fraction of sp³-hybridized carbons (Fsp3) is 0.933. The number of fused-ring (bicyclic) bond motifs is 5. The Labute approximate surface area is 208 Å². The van der Waals surface area contributed by atoms with E-state index in [1.807, 2.05) is 6.92 Å². The molecule has 4 fully saturated rings. The molecule has 11 atom stereocenters. The Hall–Kier alpha value is -0.420. The summed E-state index contributed by atoms with van der Waals surface area (Å²) in [6.07, 6.45) is 7.54. The highest BCUT2D eigenvalue weighted by atomic mass is 16.3. The maximum atomic E-state index is 11.8. The van der Waals surface area contributed by atoms with E-state index in [1.54, 1.807) is 0 Å². The van der Waals surface area contributed by atoms with Gasteiger partial charge in [-0.15, -0.1) is 0 Å². The van der Waals surface area contributed by atoms with E-state index in [2.05, 4.69) is 54.5 Å². The summed E-state index contributed by atoms with van der Waals surface area (Å²) in [6, 6.07) is 0. The molecular formula is C30H52O4. The average Bonchev–Trinajstić information content (AvgIpc) is 3.07. The van der Waals surface area contributed by atoms with Crippen molar-refractivity contribution >= 4 is 0 Å². The Morgan fingerprint density at radius 2 is 1.59 bits per heavy atom. The summed E-state index contributed by atoms with van der Waals surface area (Å²) in [6.45, 7) is 17.5. The van der Waals surface area contributed by atoms with E-state index in [4.69, 9.17) is 0 Å². The lowest BCUT2D eigenvalue weighted by Crippen LogP contribution is -2.69. The molecule has 0 aromatic rings. The van der Waals surface area contributed by atoms with Crippen molar-refractivity contribution in [1.82, 2.24) is 0 Å². The lowest BCUT2D eigenvalue weighted by molar-refractivity contribution is -0.274.